The smallest absolute Gasteiger partial charge is 0.318 e. The first-order valence-electron chi connectivity index (χ1n) is 5.53. The highest BCUT2D eigenvalue weighted by molar-refractivity contribution is 7.92. The van der Waals surface area contributed by atoms with Crippen LogP contribution in [0.2, 0.25) is 0 Å². The van der Waals surface area contributed by atoms with Gasteiger partial charge >= 0.3 is 5.97 Å². The topological polar surface area (TPSA) is 118 Å². The molecule has 0 aliphatic heterocycles. The van der Waals surface area contributed by atoms with Crippen molar-refractivity contribution in [3.63, 3.8) is 0 Å². The number of benzene rings is 1. The molecular weight excluding hydrogens is 286 g/mol. The fourth-order valence-electron chi connectivity index (χ4n) is 1.45. The third-order valence-corrected chi connectivity index (χ3v) is 3.64. The lowest BCUT2D eigenvalue weighted by Crippen LogP contribution is -2.27. The van der Waals surface area contributed by atoms with E-state index in [1.54, 1.807) is 6.07 Å². The molecule has 0 fully saturated rings. The summed E-state index contributed by atoms with van der Waals surface area (Å²) in [6.45, 7) is 1.36. The Kier molecular flexibility index (Phi) is 4.98. The largest absolute Gasteiger partial charge is 0.480 e. The monoisotopic (exact) mass is 299 g/mol. The fraction of sp³-hybridized carbons (Fsp3) is 0.250. The molecule has 7 nitrogen and oxygen atoms in total. The van der Waals surface area contributed by atoms with E-state index in [0.717, 1.165) is 0 Å². The van der Waals surface area contributed by atoms with Crippen LogP contribution in [0.3, 0.4) is 0 Å². The zero-order valence-corrected chi connectivity index (χ0v) is 11.4. The van der Waals surface area contributed by atoms with Gasteiger partial charge in [-0.2, -0.15) is 0 Å². The molecule has 0 radical (unpaired) electrons. The number of hydrogen-bond donors (Lipinski definition) is 2. The maximum Gasteiger partial charge on any atom is 0.318 e. The molecule has 0 bridgehead atoms. The first-order chi connectivity index (χ1) is 9.19. The minimum absolute atomic E-state index is 0.195. The number of hydrogen-bond acceptors (Lipinski definition) is 5. The molecule has 0 saturated heterocycles. The second-order valence-electron chi connectivity index (χ2n) is 4.11. The fourth-order valence-corrected chi connectivity index (χ4v) is 2.40. The number of sulfone groups is 1. The lowest BCUT2D eigenvalue weighted by molar-refractivity contribution is -0.134. The molecule has 1 aromatic rings. The van der Waals surface area contributed by atoms with E-state index in [2.05, 4.69) is 5.32 Å². The van der Waals surface area contributed by atoms with Crippen LogP contribution in [0.15, 0.2) is 24.3 Å². The molecule has 0 aromatic heterocycles. The number of rotatable bonds is 6. The van der Waals surface area contributed by atoms with Gasteiger partial charge in [0.2, 0.25) is 5.91 Å². The SMILES string of the molecule is CC(=O)c1cccc(NC(=O)CS(=O)(=O)CC(=O)O)c1. The van der Waals surface area contributed by atoms with Crippen molar-refractivity contribution in [3.8, 4) is 0 Å². The van der Waals surface area contributed by atoms with Crippen LogP contribution in [0.5, 0.6) is 0 Å². The number of Topliss-reactive ketones (excluding diaryl/α,β-unsaturated/α-hetero) is 1. The van der Waals surface area contributed by atoms with Crippen molar-refractivity contribution in [1.82, 2.24) is 0 Å². The summed E-state index contributed by atoms with van der Waals surface area (Å²) in [5, 5.41) is 10.7. The highest BCUT2D eigenvalue weighted by Crippen LogP contribution is 2.11. The number of carbonyl (C=O) groups excluding carboxylic acids is 2. The van der Waals surface area contributed by atoms with Crippen LogP contribution in [0, 0.1) is 0 Å². The third kappa shape index (κ3) is 5.19. The van der Waals surface area contributed by atoms with Gasteiger partial charge in [-0.25, -0.2) is 8.42 Å². The van der Waals surface area contributed by atoms with Gasteiger partial charge in [0.15, 0.2) is 15.6 Å². The van der Waals surface area contributed by atoms with Gasteiger partial charge in [-0.1, -0.05) is 12.1 Å². The van der Waals surface area contributed by atoms with E-state index in [0.29, 0.717) is 5.56 Å². The van der Waals surface area contributed by atoms with Gasteiger partial charge in [0.1, 0.15) is 11.5 Å². The molecule has 1 rings (SSSR count). The number of carboxylic acids is 1. The van der Waals surface area contributed by atoms with Crippen molar-refractivity contribution in [2.75, 3.05) is 16.8 Å². The van der Waals surface area contributed by atoms with Gasteiger partial charge in [0, 0.05) is 11.3 Å². The van der Waals surface area contributed by atoms with Gasteiger partial charge in [0.05, 0.1) is 0 Å². The van der Waals surface area contributed by atoms with Crippen LogP contribution in [0.25, 0.3) is 0 Å². The van der Waals surface area contributed by atoms with Crippen LogP contribution in [-0.4, -0.2) is 42.7 Å². The highest BCUT2D eigenvalue weighted by Gasteiger charge is 2.20. The van der Waals surface area contributed by atoms with Crippen molar-refractivity contribution in [2.45, 2.75) is 6.92 Å². The van der Waals surface area contributed by atoms with Crippen LogP contribution in [-0.2, 0) is 19.4 Å². The molecule has 0 unspecified atom stereocenters. The van der Waals surface area contributed by atoms with Crippen LogP contribution in [0.4, 0.5) is 5.69 Å². The predicted octanol–water partition coefficient (Wildman–Crippen LogP) is 0.327. The molecule has 108 valence electrons. The average molecular weight is 299 g/mol. The van der Waals surface area contributed by atoms with Gasteiger partial charge in [0.25, 0.3) is 0 Å². The number of nitrogens with one attached hydrogen (secondary N) is 1. The number of amides is 1. The van der Waals surface area contributed by atoms with E-state index in [9.17, 15) is 22.8 Å². The van der Waals surface area contributed by atoms with Crippen molar-refractivity contribution in [2.24, 2.45) is 0 Å². The number of carbonyl (C=O) groups is 3. The van der Waals surface area contributed by atoms with Gasteiger partial charge in [-0.3, -0.25) is 14.4 Å². The predicted molar refractivity (Wildman–Crippen MR) is 71.4 cm³/mol. The van der Waals surface area contributed by atoms with Crippen molar-refractivity contribution in [3.05, 3.63) is 29.8 Å². The Bertz CT molecular complexity index is 650. The van der Waals surface area contributed by atoms with Crippen LogP contribution >= 0.6 is 0 Å². The molecule has 0 saturated carbocycles. The van der Waals surface area contributed by atoms with Crippen LogP contribution in [0.1, 0.15) is 17.3 Å². The Balaban J connectivity index is 2.74. The maximum absolute atomic E-state index is 11.5. The Labute approximate surface area is 115 Å². The maximum atomic E-state index is 11.5. The lowest BCUT2D eigenvalue weighted by Gasteiger charge is -2.06. The standard InChI is InChI=1S/C12H13NO6S/c1-8(14)9-3-2-4-10(5-9)13-11(15)6-20(18,19)7-12(16)17/h2-5H,6-7H2,1H3,(H,13,15)(H,16,17). The molecule has 0 spiro atoms. The van der Waals surface area contributed by atoms with E-state index in [4.69, 9.17) is 5.11 Å². The molecule has 1 aromatic carbocycles. The second-order valence-corrected chi connectivity index (χ2v) is 6.18. The molecule has 20 heavy (non-hydrogen) atoms. The average Bonchev–Trinajstić information content (AvgIpc) is 2.25. The summed E-state index contributed by atoms with van der Waals surface area (Å²) in [4.78, 5) is 33.0. The quantitative estimate of drug-likeness (QED) is 0.731. The first kappa shape index (κ1) is 15.8. The summed E-state index contributed by atoms with van der Waals surface area (Å²) >= 11 is 0. The van der Waals surface area contributed by atoms with Crippen molar-refractivity contribution >= 4 is 33.2 Å². The van der Waals surface area contributed by atoms with Gasteiger partial charge < -0.3 is 10.4 Å². The number of aliphatic carboxylic acids is 1. The van der Waals surface area contributed by atoms with Crippen molar-refractivity contribution < 1.29 is 27.9 Å². The minimum Gasteiger partial charge on any atom is -0.480 e. The number of ketones is 1. The number of anilines is 1. The minimum atomic E-state index is -4.01. The molecule has 0 aliphatic carbocycles. The zero-order chi connectivity index (χ0) is 15.3. The molecule has 0 atom stereocenters. The number of carboxylic acid groups (broad SMARTS) is 1. The van der Waals surface area contributed by atoms with Crippen LogP contribution < -0.4 is 5.32 Å². The summed E-state index contributed by atoms with van der Waals surface area (Å²) in [6.07, 6.45) is 0. The Morgan fingerprint density at radius 3 is 2.40 bits per heavy atom. The van der Waals surface area contributed by atoms with Crippen molar-refractivity contribution in [1.29, 1.82) is 0 Å². The molecule has 1 amide bonds. The van der Waals surface area contributed by atoms with Gasteiger partial charge in [-0.15, -0.1) is 0 Å². The Hall–Kier alpha value is -2.22. The Morgan fingerprint density at radius 2 is 1.85 bits per heavy atom. The van der Waals surface area contributed by atoms with E-state index in [-0.39, 0.29) is 11.5 Å². The molecule has 0 heterocycles. The van der Waals surface area contributed by atoms with E-state index < -0.39 is 33.2 Å². The molecular formula is C12H13NO6S. The summed E-state index contributed by atoms with van der Waals surface area (Å²) in [7, 11) is -4.01. The normalized spacial score (nSPS) is 10.8. The summed E-state index contributed by atoms with van der Waals surface area (Å²) in [6, 6.07) is 6.00. The second kappa shape index (κ2) is 6.29. The summed E-state index contributed by atoms with van der Waals surface area (Å²) in [5.41, 5.74) is 0.643. The summed E-state index contributed by atoms with van der Waals surface area (Å²) in [5.74, 6) is -4.60. The lowest BCUT2D eigenvalue weighted by atomic mass is 10.1. The third-order valence-electron chi connectivity index (χ3n) is 2.25. The van der Waals surface area contributed by atoms with E-state index in [1.165, 1.54) is 25.1 Å². The first-order valence-corrected chi connectivity index (χ1v) is 7.35. The summed E-state index contributed by atoms with van der Waals surface area (Å²) < 4.78 is 22.6. The highest BCUT2D eigenvalue weighted by atomic mass is 32.2. The zero-order valence-electron chi connectivity index (χ0n) is 10.6. The van der Waals surface area contributed by atoms with E-state index in [1.807, 2.05) is 0 Å². The van der Waals surface area contributed by atoms with E-state index >= 15 is 0 Å². The Morgan fingerprint density at radius 1 is 1.20 bits per heavy atom. The van der Waals surface area contributed by atoms with Gasteiger partial charge in [-0.05, 0) is 19.1 Å². The molecule has 0 aliphatic rings. The molecule has 2 N–H and O–H groups in total. The molecule has 8 heteroatoms.